The lowest BCUT2D eigenvalue weighted by Gasteiger charge is -2.39. The molecule has 3 N–H and O–H groups in total. The number of hydrogen-bond donors (Lipinski definition) is 2. The molecule has 1 aliphatic rings. The molecule has 1 aliphatic heterocycles. The van der Waals surface area contributed by atoms with Crippen LogP contribution < -0.4 is 11.1 Å². The van der Waals surface area contributed by atoms with Crippen LogP contribution in [-0.2, 0) is 14.4 Å². The summed E-state index contributed by atoms with van der Waals surface area (Å²) in [6.45, 7) is 3.20. The third-order valence-corrected chi connectivity index (χ3v) is 2.28. The summed E-state index contributed by atoms with van der Waals surface area (Å²) < 4.78 is 0. The number of nitrogens with two attached hydrogens (primary N) is 1. The van der Waals surface area contributed by atoms with Gasteiger partial charge in [-0.25, -0.2) is 0 Å². The molecule has 78 valence electrons. The third-order valence-electron chi connectivity index (χ3n) is 2.28. The Morgan fingerprint density at radius 1 is 1.57 bits per heavy atom. The Morgan fingerprint density at radius 2 is 2.14 bits per heavy atom. The van der Waals surface area contributed by atoms with Gasteiger partial charge in [-0.05, 0) is 13.8 Å². The molecular formula is C8H13N3O3. The molecule has 0 aromatic carbocycles. The lowest BCUT2D eigenvalue weighted by molar-refractivity contribution is -0.146. The summed E-state index contributed by atoms with van der Waals surface area (Å²) in [7, 11) is 0. The van der Waals surface area contributed by atoms with Gasteiger partial charge in [-0.1, -0.05) is 0 Å². The second-order valence-electron chi connectivity index (χ2n) is 3.76. The molecule has 0 aliphatic carbocycles. The Balaban J connectivity index is 2.84. The lowest BCUT2D eigenvalue weighted by Crippen LogP contribution is -2.65. The van der Waals surface area contributed by atoms with Crippen LogP contribution in [0.3, 0.4) is 0 Å². The number of nitrogens with one attached hydrogen (secondary N) is 1. The molecule has 1 saturated heterocycles. The summed E-state index contributed by atoms with van der Waals surface area (Å²) in [5, 5.41) is 2.20. The molecule has 6 heteroatoms. The molecule has 0 aromatic rings. The van der Waals surface area contributed by atoms with Gasteiger partial charge < -0.3 is 5.73 Å². The van der Waals surface area contributed by atoms with Crippen molar-refractivity contribution in [1.82, 2.24) is 10.2 Å². The van der Waals surface area contributed by atoms with E-state index in [-0.39, 0.29) is 13.1 Å². The number of carbonyl (C=O) groups is 3. The maximum Gasteiger partial charge on any atom is 0.246 e. The lowest BCUT2D eigenvalue weighted by atomic mass is 9.99. The zero-order valence-electron chi connectivity index (χ0n) is 8.16. The van der Waals surface area contributed by atoms with E-state index in [0.29, 0.717) is 0 Å². The van der Waals surface area contributed by atoms with Gasteiger partial charge in [0.2, 0.25) is 17.7 Å². The molecule has 0 atom stereocenters. The highest BCUT2D eigenvalue weighted by Gasteiger charge is 2.41. The highest BCUT2D eigenvalue weighted by molar-refractivity contribution is 6.03. The zero-order valence-corrected chi connectivity index (χ0v) is 8.16. The molecule has 0 unspecified atom stereocenters. The van der Waals surface area contributed by atoms with Crippen molar-refractivity contribution in [3.05, 3.63) is 0 Å². The summed E-state index contributed by atoms with van der Waals surface area (Å²) in [5.74, 6) is -1.37. The Bertz CT molecular complexity index is 296. The van der Waals surface area contributed by atoms with Gasteiger partial charge in [-0.3, -0.25) is 24.6 Å². The summed E-state index contributed by atoms with van der Waals surface area (Å²) >= 11 is 0. The van der Waals surface area contributed by atoms with Crippen LogP contribution in [0.5, 0.6) is 0 Å². The van der Waals surface area contributed by atoms with E-state index in [2.05, 4.69) is 5.32 Å². The minimum Gasteiger partial charge on any atom is -0.369 e. The molecule has 1 rings (SSSR count). The molecule has 1 heterocycles. The summed E-state index contributed by atoms with van der Waals surface area (Å²) in [6, 6.07) is 0. The van der Waals surface area contributed by atoms with Crippen LogP contribution in [0.2, 0.25) is 0 Å². The summed E-state index contributed by atoms with van der Waals surface area (Å²) in [5.41, 5.74) is 4.14. The third kappa shape index (κ3) is 1.90. The van der Waals surface area contributed by atoms with Crippen molar-refractivity contribution in [2.24, 2.45) is 5.73 Å². The number of imide groups is 1. The number of carbonyl (C=O) groups excluding carboxylic acids is 3. The fraction of sp³-hybridized carbons (Fsp3) is 0.625. The van der Waals surface area contributed by atoms with E-state index < -0.39 is 23.3 Å². The monoisotopic (exact) mass is 199 g/mol. The zero-order chi connectivity index (χ0) is 10.9. The number of primary amides is 1. The Labute approximate surface area is 81.4 Å². The predicted octanol–water partition coefficient (Wildman–Crippen LogP) is -1.79. The quantitative estimate of drug-likeness (QED) is 0.514. The molecule has 3 amide bonds. The van der Waals surface area contributed by atoms with Crippen molar-refractivity contribution in [3.63, 3.8) is 0 Å². The molecule has 14 heavy (non-hydrogen) atoms. The molecule has 1 fully saturated rings. The van der Waals surface area contributed by atoms with Crippen LogP contribution in [0, 0.1) is 0 Å². The van der Waals surface area contributed by atoms with Crippen LogP contribution in [0.25, 0.3) is 0 Å². The molecular weight excluding hydrogens is 186 g/mol. The number of nitrogens with zero attached hydrogens (tertiary/aromatic N) is 1. The van der Waals surface area contributed by atoms with E-state index in [0.717, 1.165) is 0 Å². The van der Waals surface area contributed by atoms with Crippen LogP contribution in [0.1, 0.15) is 13.8 Å². The van der Waals surface area contributed by atoms with Gasteiger partial charge in [0.15, 0.2) is 0 Å². The first kappa shape index (κ1) is 10.6. The number of rotatable bonds is 2. The first-order valence-corrected chi connectivity index (χ1v) is 4.21. The van der Waals surface area contributed by atoms with E-state index in [9.17, 15) is 14.4 Å². The number of piperazine rings is 1. The SMILES string of the molecule is CC1(C)C(=O)NC(=O)CN1CC(N)=O. The van der Waals surface area contributed by atoms with E-state index in [1.54, 1.807) is 13.8 Å². The normalized spacial score (nSPS) is 21.9. The maximum atomic E-state index is 11.4. The van der Waals surface area contributed by atoms with Gasteiger partial charge in [0.25, 0.3) is 0 Å². The van der Waals surface area contributed by atoms with Crippen molar-refractivity contribution in [2.75, 3.05) is 13.1 Å². The average molecular weight is 199 g/mol. The van der Waals surface area contributed by atoms with Crippen molar-refractivity contribution < 1.29 is 14.4 Å². The maximum absolute atomic E-state index is 11.4. The van der Waals surface area contributed by atoms with Crippen LogP contribution >= 0.6 is 0 Å². The largest absolute Gasteiger partial charge is 0.369 e. The van der Waals surface area contributed by atoms with Crippen LogP contribution in [0.4, 0.5) is 0 Å². The van der Waals surface area contributed by atoms with E-state index >= 15 is 0 Å². The molecule has 6 nitrogen and oxygen atoms in total. The van der Waals surface area contributed by atoms with Crippen molar-refractivity contribution >= 4 is 17.7 Å². The number of hydrogen-bond acceptors (Lipinski definition) is 4. The van der Waals surface area contributed by atoms with Gasteiger partial charge in [-0.15, -0.1) is 0 Å². The van der Waals surface area contributed by atoms with Crippen molar-refractivity contribution in [2.45, 2.75) is 19.4 Å². The van der Waals surface area contributed by atoms with Gasteiger partial charge in [0, 0.05) is 0 Å². The molecule has 0 bridgehead atoms. The first-order valence-electron chi connectivity index (χ1n) is 4.21. The second kappa shape index (κ2) is 3.38. The minimum absolute atomic E-state index is 0.0156. The van der Waals surface area contributed by atoms with Gasteiger partial charge in [-0.2, -0.15) is 0 Å². The van der Waals surface area contributed by atoms with Gasteiger partial charge in [0.1, 0.15) is 0 Å². The fourth-order valence-corrected chi connectivity index (χ4v) is 1.28. The molecule has 0 saturated carbocycles. The Morgan fingerprint density at radius 3 is 2.64 bits per heavy atom. The Kier molecular flexibility index (Phi) is 2.57. The topological polar surface area (TPSA) is 92.5 Å². The highest BCUT2D eigenvalue weighted by atomic mass is 16.2. The summed E-state index contributed by atoms with van der Waals surface area (Å²) in [6.07, 6.45) is 0. The summed E-state index contributed by atoms with van der Waals surface area (Å²) in [4.78, 5) is 34.6. The van der Waals surface area contributed by atoms with Crippen LogP contribution in [-0.4, -0.2) is 41.2 Å². The minimum atomic E-state index is -0.872. The van der Waals surface area contributed by atoms with Crippen LogP contribution in [0.15, 0.2) is 0 Å². The molecule has 0 spiro atoms. The van der Waals surface area contributed by atoms with E-state index in [1.165, 1.54) is 4.90 Å². The highest BCUT2D eigenvalue weighted by Crippen LogP contribution is 2.16. The first-order chi connectivity index (χ1) is 6.34. The molecule has 0 radical (unpaired) electrons. The molecule has 0 aromatic heterocycles. The van der Waals surface area contributed by atoms with Crippen molar-refractivity contribution in [3.8, 4) is 0 Å². The smallest absolute Gasteiger partial charge is 0.246 e. The van der Waals surface area contributed by atoms with E-state index in [1.807, 2.05) is 0 Å². The number of amides is 3. The predicted molar refractivity (Wildman–Crippen MR) is 48.0 cm³/mol. The van der Waals surface area contributed by atoms with Gasteiger partial charge in [0.05, 0.1) is 18.6 Å². The van der Waals surface area contributed by atoms with Gasteiger partial charge >= 0.3 is 0 Å². The van der Waals surface area contributed by atoms with E-state index in [4.69, 9.17) is 5.73 Å². The second-order valence-corrected chi connectivity index (χ2v) is 3.76. The fourth-order valence-electron chi connectivity index (χ4n) is 1.28. The average Bonchev–Trinajstić information content (AvgIpc) is 1.99. The standard InChI is InChI=1S/C8H13N3O3/c1-8(2)7(14)10-6(13)4-11(8)3-5(9)12/h3-4H2,1-2H3,(H2,9,12)(H,10,13,14). The van der Waals surface area contributed by atoms with Crippen molar-refractivity contribution in [1.29, 1.82) is 0 Å². The Hall–Kier alpha value is -1.43.